The van der Waals surface area contributed by atoms with Gasteiger partial charge in [0, 0.05) is 43.8 Å². The Balaban J connectivity index is 1.26. The van der Waals surface area contributed by atoms with Gasteiger partial charge in [0.2, 0.25) is 0 Å². The summed E-state index contributed by atoms with van der Waals surface area (Å²) in [6.45, 7) is 0. The third kappa shape index (κ3) is 6.64. The average molecular weight is 555 g/mol. The maximum atomic E-state index is 13.1. The second kappa shape index (κ2) is 11.8. The number of fused-ring (bicyclic) bond motifs is 1. The normalized spacial score (nSPS) is 11.3. The lowest BCUT2D eigenvalue weighted by atomic mass is 10.2. The number of phenols is 1. The van der Waals surface area contributed by atoms with Crippen LogP contribution in [0, 0.1) is 0 Å². The van der Waals surface area contributed by atoms with Crippen LogP contribution in [0.4, 0.5) is 5.69 Å². The molecule has 0 unspecified atom stereocenters. The van der Waals surface area contributed by atoms with E-state index in [1.165, 1.54) is 29.2 Å². The van der Waals surface area contributed by atoms with Gasteiger partial charge in [0.1, 0.15) is 17.0 Å². The Morgan fingerprint density at radius 1 is 0.949 bits per heavy atom. The van der Waals surface area contributed by atoms with Crippen LogP contribution in [-0.2, 0) is 10.5 Å². The topological polar surface area (TPSA) is 109 Å². The number of anilines is 1. The standard InChI is InChI=1S/C30H22N2O5S2/c33-23-11-8-20-15-21(30(36)37-27(20)16-23)18-39-24-12-9-22(10-13-24)31-29(35)26(17-25-7-4-14-38-25)32-28(34)19-5-2-1-3-6-19/h1-17,33H,18H2,(H,31,35)(H,32,34)/b26-17-. The van der Waals surface area contributed by atoms with E-state index < -0.39 is 11.5 Å². The molecule has 0 fully saturated rings. The van der Waals surface area contributed by atoms with Gasteiger partial charge in [-0.1, -0.05) is 24.3 Å². The van der Waals surface area contributed by atoms with Crippen molar-refractivity contribution >= 4 is 57.6 Å². The molecular formula is C30H22N2O5S2. The van der Waals surface area contributed by atoms with Crippen molar-refractivity contribution in [1.29, 1.82) is 0 Å². The molecule has 0 atom stereocenters. The summed E-state index contributed by atoms with van der Waals surface area (Å²) in [5.41, 5.74) is 1.52. The van der Waals surface area contributed by atoms with Crippen molar-refractivity contribution in [2.75, 3.05) is 5.32 Å². The van der Waals surface area contributed by atoms with Crippen molar-refractivity contribution in [3.8, 4) is 5.75 Å². The smallest absolute Gasteiger partial charge is 0.340 e. The molecule has 2 aromatic heterocycles. The number of hydrogen-bond acceptors (Lipinski definition) is 7. The molecule has 9 heteroatoms. The minimum absolute atomic E-state index is 0.0349. The maximum absolute atomic E-state index is 13.1. The fourth-order valence-corrected chi connectivity index (χ4v) is 5.20. The lowest BCUT2D eigenvalue weighted by Gasteiger charge is -2.11. The quantitative estimate of drug-likeness (QED) is 0.119. The number of carbonyl (C=O) groups excluding carboxylic acids is 2. The van der Waals surface area contributed by atoms with Crippen molar-refractivity contribution < 1.29 is 19.1 Å². The summed E-state index contributed by atoms with van der Waals surface area (Å²) in [7, 11) is 0. The molecule has 3 aromatic carbocycles. The highest BCUT2D eigenvalue weighted by molar-refractivity contribution is 7.98. The lowest BCUT2D eigenvalue weighted by Crippen LogP contribution is -2.30. The van der Waals surface area contributed by atoms with Crippen molar-refractivity contribution in [1.82, 2.24) is 5.32 Å². The molecule has 0 aliphatic carbocycles. The van der Waals surface area contributed by atoms with Gasteiger partial charge in [0.05, 0.1) is 0 Å². The van der Waals surface area contributed by atoms with Crippen molar-refractivity contribution in [3.63, 3.8) is 0 Å². The third-order valence-corrected chi connectivity index (χ3v) is 7.54. The van der Waals surface area contributed by atoms with Gasteiger partial charge < -0.3 is 20.2 Å². The van der Waals surface area contributed by atoms with E-state index in [0.717, 1.165) is 15.2 Å². The minimum Gasteiger partial charge on any atom is -0.508 e. The van der Waals surface area contributed by atoms with Crippen molar-refractivity contribution in [3.05, 3.63) is 128 Å². The summed E-state index contributed by atoms with van der Waals surface area (Å²) in [6.07, 6.45) is 1.64. The largest absolute Gasteiger partial charge is 0.508 e. The molecule has 0 aliphatic rings. The zero-order valence-corrected chi connectivity index (χ0v) is 22.1. The van der Waals surface area contributed by atoms with Crippen LogP contribution >= 0.6 is 23.1 Å². The molecule has 3 N–H and O–H groups in total. The van der Waals surface area contributed by atoms with Crippen LogP contribution in [0.1, 0.15) is 20.8 Å². The maximum Gasteiger partial charge on any atom is 0.340 e. The summed E-state index contributed by atoms with van der Waals surface area (Å²) >= 11 is 2.91. The van der Waals surface area contributed by atoms with Gasteiger partial charge in [0.15, 0.2) is 0 Å². The number of carbonyl (C=O) groups is 2. The Morgan fingerprint density at radius 2 is 1.74 bits per heavy atom. The van der Waals surface area contributed by atoms with Gasteiger partial charge in [-0.05, 0) is 72.1 Å². The SMILES string of the molecule is O=C(Nc1ccc(SCc2cc3ccc(O)cc3oc2=O)cc1)/C(=C/c1cccs1)NC(=O)c1ccccc1. The van der Waals surface area contributed by atoms with Crippen molar-refractivity contribution in [2.45, 2.75) is 10.6 Å². The van der Waals surface area contributed by atoms with Crippen LogP contribution in [0.15, 0.2) is 116 Å². The van der Waals surface area contributed by atoms with Crippen LogP contribution in [0.2, 0.25) is 0 Å². The summed E-state index contributed by atoms with van der Waals surface area (Å²) in [6, 6.07) is 26.0. The Hall–Kier alpha value is -4.60. The fraction of sp³-hybridized carbons (Fsp3) is 0.0333. The van der Waals surface area contributed by atoms with Crippen LogP contribution in [-0.4, -0.2) is 16.9 Å². The molecular weight excluding hydrogens is 532 g/mol. The molecule has 39 heavy (non-hydrogen) atoms. The number of thiophene rings is 1. The average Bonchev–Trinajstić information content (AvgIpc) is 3.46. The summed E-state index contributed by atoms with van der Waals surface area (Å²) in [5, 5.41) is 17.8. The number of aromatic hydroxyl groups is 1. The first-order valence-corrected chi connectivity index (χ1v) is 13.7. The monoisotopic (exact) mass is 554 g/mol. The minimum atomic E-state index is -0.452. The second-order valence-electron chi connectivity index (χ2n) is 8.44. The van der Waals surface area contributed by atoms with Gasteiger partial charge in [-0.25, -0.2) is 4.79 Å². The van der Waals surface area contributed by atoms with E-state index in [2.05, 4.69) is 10.6 Å². The Morgan fingerprint density at radius 3 is 2.49 bits per heavy atom. The van der Waals surface area contributed by atoms with Gasteiger partial charge in [0.25, 0.3) is 11.8 Å². The molecule has 0 spiro atoms. The molecule has 7 nitrogen and oxygen atoms in total. The highest BCUT2D eigenvalue weighted by Crippen LogP contribution is 2.26. The molecule has 2 heterocycles. The Kier molecular flexibility index (Phi) is 7.91. The van der Waals surface area contributed by atoms with Crippen LogP contribution in [0.5, 0.6) is 5.75 Å². The first-order chi connectivity index (χ1) is 18.9. The third-order valence-electron chi connectivity index (χ3n) is 5.66. The van der Waals surface area contributed by atoms with Crippen LogP contribution < -0.4 is 16.3 Å². The number of rotatable bonds is 8. The molecule has 0 bridgehead atoms. The molecule has 0 radical (unpaired) electrons. The highest BCUT2D eigenvalue weighted by Gasteiger charge is 2.15. The number of hydrogen-bond donors (Lipinski definition) is 3. The molecule has 5 aromatic rings. The second-order valence-corrected chi connectivity index (χ2v) is 10.5. The lowest BCUT2D eigenvalue weighted by molar-refractivity contribution is -0.113. The van der Waals surface area contributed by atoms with Gasteiger partial charge in [-0.2, -0.15) is 0 Å². The number of amides is 2. The van der Waals surface area contributed by atoms with E-state index in [1.807, 2.05) is 35.7 Å². The zero-order chi connectivity index (χ0) is 27.2. The predicted molar refractivity (Wildman–Crippen MR) is 155 cm³/mol. The predicted octanol–water partition coefficient (Wildman–Crippen LogP) is 6.26. The van der Waals surface area contributed by atoms with E-state index in [9.17, 15) is 19.5 Å². The van der Waals surface area contributed by atoms with E-state index >= 15 is 0 Å². The molecule has 0 saturated heterocycles. The van der Waals surface area contributed by atoms with E-state index in [-0.39, 0.29) is 17.4 Å². The van der Waals surface area contributed by atoms with E-state index in [0.29, 0.717) is 28.2 Å². The number of benzene rings is 3. The van der Waals surface area contributed by atoms with Crippen LogP contribution in [0.25, 0.3) is 17.0 Å². The van der Waals surface area contributed by atoms with Gasteiger partial charge in [-0.15, -0.1) is 23.1 Å². The number of thioether (sulfide) groups is 1. The first-order valence-electron chi connectivity index (χ1n) is 11.9. The summed E-state index contributed by atoms with van der Waals surface area (Å²) in [5.74, 6) is -0.403. The Bertz CT molecular complexity index is 1710. The summed E-state index contributed by atoms with van der Waals surface area (Å²) in [4.78, 5) is 39.9. The molecule has 0 saturated carbocycles. The van der Waals surface area contributed by atoms with Gasteiger partial charge >= 0.3 is 5.63 Å². The van der Waals surface area contributed by atoms with Gasteiger partial charge in [-0.3, -0.25) is 9.59 Å². The first kappa shape index (κ1) is 26.0. The molecule has 0 aliphatic heterocycles. The zero-order valence-electron chi connectivity index (χ0n) is 20.4. The number of phenolic OH excluding ortho intramolecular Hbond substituents is 1. The number of nitrogens with one attached hydrogen (secondary N) is 2. The fourth-order valence-electron chi connectivity index (χ4n) is 3.70. The molecule has 194 valence electrons. The summed E-state index contributed by atoms with van der Waals surface area (Å²) < 4.78 is 5.33. The van der Waals surface area contributed by atoms with Crippen molar-refractivity contribution in [2.24, 2.45) is 0 Å². The molecule has 2 amide bonds. The Labute approximate surface area is 231 Å². The van der Waals surface area contributed by atoms with Crippen LogP contribution in [0.3, 0.4) is 0 Å². The highest BCUT2D eigenvalue weighted by atomic mass is 32.2. The van der Waals surface area contributed by atoms with E-state index in [4.69, 9.17) is 4.42 Å². The van der Waals surface area contributed by atoms with E-state index in [1.54, 1.807) is 60.7 Å². The molecule has 5 rings (SSSR count).